The molecule has 3 heteroatoms. The molecule has 2 N–H and O–H groups in total. The Labute approximate surface area is 113 Å². The molecule has 1 rings (SSSR count). The largest absolute Gasteiger partial charge is 0.366 e. The Morgan fingerprint density at radius 3 is 2.63 bits per heavy atom. The fraction of sp³-hybridized carbons (Fsp3) is 0.312. The van der Waals surface area contributed by atoms with Gasteiger partial charge in [-0.2, -0.15) is 0 Å². The van der Waals surface area contributed by atoms with Crippen molar-refractivity contribution in [3.8, 4) is 0 Å². The number of amides is 1. The first-order valence-corrected chi connectivity index (χ1v) is 6.38. The van der Waals surface area contributed by atoms with Crippen LogP contribution in [0.4, 0.5) is 4.39 Å². The number of carbonyl (C=O) groups is 1. The summed E-state index contributed by atoms with van der Waals surface area (Å²) in [5, 5.41) is 0. The first kappa shape index (κ1) is 15.2. The van der Waals surface area contributed by atoms with Crippen LogP contribution in [0.25, 0.3) is 0 Å². The van der Waals surface area contributed by atoms with E-state index in [1.165, 1.54) is 6.07 Å². The van der Waals surface area contributed by atoms with Crippen LogP contribution in [0.3, 0.4) is 0 Å². The highest BCUT2D eigenvalue weighted by molar-refractivity contribution is 5.92. The standard InChI is InChI=1S/C16H20FNO/c1-4-12(3)14(16(18)19)10-11(2)9-13-7-5-6-8-15(13)17/h5-8,10,12H,2,4,9H2,1,3H3,(H2,18,19)/b14-10+. The highest BCUT2D eigenvalue weighted by atomic mass is 19.1. The maximum atomic E-state index is 13.5. The van der Waals surface area contributed by atoms with Crippen LogP contribution >= 0.6 is 0 Å². The zero-order valence-corrected chi connectivity index (χ0v) is 11.4. The summed E-state index contributed by atoms with van der Waals surface area (Å²) in [6.45, 7) is 7.80. The van der Waals surface area contributed by atoms with Gasteiger partial charge in [-0.15, -0.1) is 0 Å². The number of hydrogen-bond acceptors (Lipinski definition) is 1. The quantitative estimate of drug-likeness (QED) is 0.619. The molecule has 1 aromatic carbocycles. The van der Waals surface area contributed by atoms with E-state index in [1.807, 2.05) is 13.8 Å². The van der Waals surface area contributed by atoms with E-state index in [0.29, 0.717) is 23.1 Å². The predicted octanol–water partition coefficient (Wildman–Crippen LogP) is 3.38. The Morgan fingerprint density at radius 2 is 2.11 bits per heavy atom. The molecule has 1 atom stereocenters. The van der Waals surface area contributed by atoms with Crippen molar-refractivity contribution in [1.29, 1.82) is 0 Å². The molecule has 0 fully saturated rings. The van der Waals surface area contributed by atoms with Crippen molar-refractivity contribution in [2.45, 2.75) is 26.7 Å². The minimum absolute atomic E-state index is 0.0786. The van der Waals surface area contributed by atoms with Gasteiger partial charge >= 0.3 is 0 Å². The first-order chi connectivity index (χ1) is 8.95. The minimum atomic E-state index is -0.441. The van der Waals surface area contributed by atoms with Crippen molar-refractivity contribution < 1.29 is 9.18 Å². The lowest BCUT2D eigenvalue weighted by atomic mass is 9.94. The number of hydrogen-bond donors (Lipinski definition) is 1. The number of nitrogens with two attached hydrogens (primary N) is 1. The molecule has 19 heavy (non-hydrogen) atoms. The van der Waals surface area contributed by atoms with Crippen molar-refractivity contribution in [2.75, 3.05) is 0 Å². The summed E-state index contributed by atoms with van der Waals surface area (Å²) in [6, 6.07) is 6.54. The van der Waals surface area contributed by atoms with Gasteiger partial charge in [0.2, 0.25) is 5.91 Å². The van der Waals surface area contributed by atoms with Gasteiger partial charge < -0.3 is 5.73 Å². The van der Waals surface area contributed by atoms with Crippen LogP contribution in [0.15, 0.2) is 48.1 Å². The van der Waals surface area contributed by atoms with Crippen LogP contribution in [-0.2, 0) is 11.2 Å². The van der Waals surface area contributed by atoms with Gasteiger partial charge in [-0.05, 0) is 30.4 Å². The summed E-state index contributed by atoms with van der Waals surface area (Å²) in [5.41, 5.74) is 7.15. The van der Waals surface area contributed by atoms with Gasteiger partial charge in [0.25, 0.3) is 0 Å². The van der Waals surface area contributed by atoms with E-state index in [-0.39, 0.29) is 11.7 Å². The lowest BCUT2D eigenvalue weighted by Crippen LogP contribution is -2.19. The highest BCUT2D eigenvalue weighted by Crippen LogP contribution is 2.18. The van der Waals surface area contributed by atoms with Crippen LogP contribution in [0, 0.1) is 11.7 Å². The second kappa shape index (κ2) is 6.88. The summed E-state index contributed by atoms with van der Waals surface area (Å²) in [7, 11) is 0. The van der Waals surface area contributed by atoms with Gasteiger partial charge in [0, 0.05) is 5.57 Å². The zero-order chi connectivity index (χ0) is 14.4. The maximum Gasteiger partial charge on any atom is 0.244 e. The van der Waals surface area contributed by atoms with Crippen molar-refractivity contribution in [3.63, 3.8) is 0 Å². The molecule has 0 aliphatic rings. The molecular weight excluding hydrogens is 241 g/mol. The Hall–Kier alpha value is -1.90. The van der Waals surface area contributed by atoms with E-state index >= 15 is 0 Å². The lowest BCUT2D eigenvalue weighted by Gasteiger charge is -2.11. The van der Waals surface area contributed by atoms with Crippen molar-refractivity contribution in [3.05, 3.63) is 59.4 Å². The fourth-order valence-corrected chi connectivity index (χ4v) is 1.83. The molecule has 1 aromatic rings. The molecule has 102 valence electrons. The summed E-state index contributed by atoms with van der Waals surface area (Å²) >= 11 is 0. The number of benzene rings is 1. The van der Waals surface area contributed by atoms with Crippen LogP contribution in [0.5, 0.6) is 0 Å². The molecule has 0 spiro atoms. The SMILES string of the molecule is C=C(/C=C(/C(N)=O)C(C)CC)Cc1ccccc1F. The van der Waals surface area contributed by atoms with Crippen LogP contribution in [0.2, 0.25) is 0 Å². The molecule has 0 bridgehead atoms. The molecular formula is C16H20FNO. The Balaban J connectivity index is 2.88. The zero-order valence-electron chi connectivity index (χ0n) is 11.4. The molecule has 0 aromatic heterocycles. The van der Waals surface area contributed by atoms with E-state index in [4.69, 9.17) is 5.73 Å². The van der Waals surface area contributed by atoms with Crippen molar-refractivity contribution in [2.24, 2.45) is 11.7 Å². The maximum absolute atomic E-state index is 13.5. The second-order valence-electron chi connectivity index (χ2n) is 4.70. The third-order valence-corrected chi connectivity index (χ3v) is 3.16. The summed E-state index contributed by atoms with van der Waals surface area (Å²) in [4.78, 5) is 11.4. The van der Waals surface area contributed by atoms with Crippen LogP contribution in [0.1, 0.15) is 25.8 Å². The summed E-state index contributed by atoms with van der Waals surface area (Å²) < 4.78 is 13.5. The molecule has 1 amide bonds. The third-order valence-electron chi connectivity index (χ3n) is 3.16. The Bertz CT molecular complexity index is 505. The van der Waals surface area contributed by atoms with Crippen molar-refractivity contribution >= 4 is 5.91 Å². The molecule has 0 aliphatic heterocycles. The molecule has 0 radical (unpaired) electrons. The lowest BCUT2D eigenvalue weighted by molar-refractivity contribution is -0.115. The van der Waals surface area contributed by atoms with E-state index in [2.05, 4.69) is 6.58 Å². The Kier molecular flexibility index (Phi) is 5.49. The van der Waals surface area contributed by atoms with E-state index in [0.717, 1.165) is 6.42 Å². The topological polar surface area (TPSA) is 43.1 Å². The predicted molar refractivity (Wildman–Crippen MR) is 76.0 cm³/mol. The minimum Gasteiger partial charge on any atom is -0.366 e. The number of halogens is 1. The molecule has 0 saturated carbocycles. The van der Waals surface area contributed by atoms with Gasteiger partial charge in [0.15, 0.2) is 0 Å². The molecule has 0 aliphatic carbocycles. The first-order valence-electron chi connectivity index (χ1n) is 6.38. The summed E-state index contributed by atoms with van der Waals surface area (Å²) in [5.74, 6) is -0.625. The van der Waals surface area contributed by atoms with Crippen LogP contribution < -0.4 is 5.73 Å². The molecule has 1 unspecified atom stereocenters. The number of primary amides is 1. The van der Waals surface area contributed by atoms with E-state index in [1.54, 1.807) is 24.3 Å². The number of carbonyl (C=O) groups excluding carboxylic acids is 1. The number of allylic oxidation sites excluding steroid dienone is 2. The Morgan fingerprint density at radius 1 is 1.47 bits per heavy atom. The van der Waals surface area contributed by atoms with Gasteiger partial charge in [-0.3, -0.25) is 4.79 Å². The monoisotopic (exact) mass is 261 g/mol. The second-order valence-corrected chi connectivity index (χ2v) is 4.70. The van der Waals surface area contributed by atoms with E-state index < -0.39 is 5.91 Å². The van der Waals surface area contributed by atoms with E-state index in [9.17, 15) is 9.18 Å². The fourth-order valence-electron chi connectivity index (χ4n) is 1.83. The third kappa shape index (κ3) is 4.36. The average Bonchev–Trinajstić information content (AvgIpc) is 2.37. The summed E-state index contributed by atoms with van der Waals surface area (Å²) in [6.07, 6.45) is 2.88. The molecule has 0 saturated heterocycles. The van der Waals surface area contributed by atoms with Gasteiger partial charge in [-0.1, -0.05) is 50.3 Å². The number of rotatable bonds is 6. The van der Waals surface area contributed by atoms with Gasteiger partial charge in [-0.25, -0.2) is 4.39 Å². The smallest absolute Gasteiger partial charge is 0.244 e. The highest BCUT2D eigenvalue weighted by Gasteiger charge is 2.13. The molecule has 0 heterocycles. The van der Waals surface area contributed by atoms with Gasteiger partial charge in [0.05, 0.1) is 0 Å². The average molecular weight is 261 g/mol. The molecule has 2 nitrogen and oxygen atoms in total. The normalized spacial score (nSPS) is 13.1. The van der Waals surface area contributed by atoms with Crippen LogP contribution in [-0.4, -0.2) is 5.91 Å². The van der Waals surface area contributed by atoms with Crippen molar-refractivity contribution in [1.82, 2.24) is 0 Å². The van der Waals surface area contributed by atoms with Gasteiger partial charge in [0.1, 0.15) is 5.82 Å².